The van der Waals surface area contributed by atoms with Crippen molar-refractivity contribution in [1.29, 1.82) is 0 Å². The number of piperidine rings is 1. The van der Waals surface area contributed by atoms with E-state index in [1.165, 1.54) is 0 Å². The fourth-order valence-electron chi connectivity index (χ4n) is 2.53. The van der Waals surface area contributed by atoms with Gasteiger partial charge >= 0.3 is 0 Å². The molecule has 76 valence electrons. The molecule has 13 heavy (non-hydrogen) atoms. The molecule has 2 nitrogen and oxygen atoms in total. The quantitative estimate of drug-likeness (QED) is 0.600. The number of hydrogen-bond donors (Lipinski definition) is 0. The first kappa shape index (κ1) is 10.7. The Morgan fingerprint density at radius 2 is 1.38 bits per heavy atom. The lowest BCUT2D eigenvalue weighted by Gasteiger charge is -2.48. The summed E-state index contributed by atoms with van der Waals surface area (Å²) in [5.41, 5.74) is 0. The van der Waals surface area contributed by atoms with E-state index in [0.29, 0.717) is 17.9 Å². The van der Waals surface area contributed by atoms with Gasteiger partial charge in [0.25, 0.3) is 0 Å². The molecule has 1 rings (SSSR count). The van der Waals surface area contributed by atoms with Crippen LogP contribution in [0, 0.1) is 0 Å². The number of hydrogen-bond acceptors (Lipinski definition) is 1. The third-order valence-corrected chi connectivity index (χ3v) is 3.67. The summed E-state index contributed by atoms with van der Waals surface area (Å²) in [7, 11) is 0. The molecular formula is C11H22NO+. The molecule has 0 radical (unpaired) electrons. The summed E-state index contributed by atoms with van der Waals surface area (Å²) in [6.45, 7) is 11.2. The van der Waals surface area contributed by atoms with Crippen LogP contribution in [0.5, 0.6) is 0 Å². The lowest BCUT2D eigenvalue weighted by molar-refractivity contribution is -0.967. The summed E-state index contributed by atoms with van der Waals surface area (Å²) in [4.78, 5) is 11.2. The smallest absolute Gasteiger partial charge is 0.144 e. The highest BCUT2D eigenvalue weighted by Crippen LogP contribution is 2.24. The predicted octanol–water partition coefficient (Wildman–Crippen LogP) is 1.98. The first-order valence-electron chi connectivity index (χ1n) is 5.37. The Balaban J connectivity index is 2.75. The van der Waals surface area contributed by atoms with Crippen LogP contribution >= 0.6 is 0 Å². The van der Waals surface area contributed by atoms with Crippen LogP contribution in [0.4, 0.5) is 0 Å². The molecule has 1 aliphatic heterocycles. The fraction of sp³-hybridized carbons (Fsp3) is 0.909. The van der Waals surface area contributed by atoms with E-state index in [1.54, 1.807) is 0 Å². The Bertz CT molecular complexity index is 176. The molecule has 0 amide bonds. The van der Waals surface area contributed by atoms with Crippen LogP contribution in [-0.4, -0.2) is 35.4 Å². The maximum absolute atomic E-state index is 11.2. The molecule has 0 aromatic carbocycles. The van der Waals surface area contributed by atoms with Crippen molar-refractivity contribution >= 4 is 5.78 Å². The zero-order valence-electron chi connectivity index (χ0n) is 9.34. The van der Waals surface area contributed by atoms with E-state index in [2.05, 4.69) is 27.7 Å². The average molecular weight is 184 g/mol. The average Bonchev–Trinajstić information content (AvgIpc) is 2.04. The lowest BCUT2D eigenvalue weighted by Crippen LogP contribution is -2.61. The van der Waals surface area contributed by atoms with Crippen molar-refractivity contribution in [3.63, 3.8) is 0 Å². The minimum Gasteiger partial charge on any atom is -0.319 e. The van der Waals surface area contributed by atoms with Gasteiger partial charge in [-0.05, 0) is 27.7 Å². The minimum absolute atomic E-state index is 0.454. The molecule has 0 atom stereocenters. The number of Topliss-reactive ketones (excluding diaryl/α,β-unsaturated/α-hetero) is 1. The van der Waals surface area contributed by atoms with Crippen LogP contribution < -0.4 is 0 Å². The van der Waals surface area contributed by atoms with Crippen LogP contribution in [0.1, 0.15) is 40.5 Å². The number of likely N-dealkylation sites (tertiary alicyclic amines) is 1. The van der Waals surface area contributed by atoms with Gasteiger partial charge in [0.05, 0.1) is 38.0 Å². The molecule has 2 heteroatoms. The molecular weight excluding hydrogens is 162 g/mol. The lowest BCUT2D eigenvalue weighted by atomic mass is 10.0. The number of ketones is 1. The van der Waals surface area contributed by atoms with Gasteiger partial charge in [-0.3, -0.25) is 4.79 Å². The van der Waals surface area contributed by atoms with E-state index in [4.69, 9.17) is 0 Å². The van der Waals surface area contributed by atoms with Gasteiger partial charge in [0, 0.05) is 0 Å². The third kappa shape index (κ3) is 1.93. The highest BCUT2D eigenvalue weighted by atomic mass is 16.1. The van der Waals surface area contributed by atoms with Crippen LogP contribution in [-0.2, 0) is 4.79 Å². The molecule has 1 fully saturated rings. The van der Waals surface area contributed by atoms with Crippen molar-refractivity contribution in [2.24, 2.45) is 0 Å². The zero-order chi connectivity index (χ0) is 10.1. The van der Waals surface area contributed by atoms with Crippen molar-refractivity contribution in [2.45, 2.75) is 52.6 Å². The maximum Gasteiger partial charge on any atom is 0.144 e. The maximum atomic E-state index is 11.2. The summed E-state index contributed by atoms with van der Waals surface area (Å²) in [5, 5.41) is 0. The second-order valence-electron chi connectivity index (χ2n) is 4.78. The van der Waals surface area contributed by atoms with Crippen LogP contribution in [0.15, 0.2) is 0 Å². The van der Waals surface area contributed by atoms with Crippen LogP contribution in [0.2, 0.25) is 0 Å². The van der Waals surface area contributed by atoms with E-state index < -0.39 is 0 Å². The second kappa shape index (κ2) is 3.79. The van der Waals surface area contributed by atoms with Crippen molar-refractivity contribution in [3.05, 3.63) is 0 Å². The SMILES string of the molecule is CC(C)[N+]1(C(C)C)CCC(=O)CC1. The number of carbonyl (C=O) groups excluding carboxylic acids is 1. The van der Waals surface area contributed by atoms with Gasteiger partial charge in [0.1, 0.15) is 5.78 Å². The van der Waals surface area contributed by atoms with Gasteiger partial charge in [-0.25, -0.2) is 0 Å². The van der Waals surface area contributed by atoms with Gasteiger partial charge in [0.15, 0.2) is 0 Å². The van der Waals surface area contributed by atoms with E-state index >= 15 is 0 Å². The first-order chi connectivity index (χ1) is 5.99. The fourth-order valence-corrected chi connectivity index (χ4v) is 2.53. The molecule has 1 heterocycles. The summed E-state index contributed by atoms with van der Waals surface area (Å²) < 4.78 is 1.13. The number of carbonyl (C=O) groups is 1. The van der Waals surface area contributed by atoms with Crippen LogP contribution in [0.3, 0.4) is 0 Å². The van der Waals surface area contributed by atoms with Gasteiger partial charge in [-0.2, -0.15) is 0 Å². The summed E-state index contributed by atoms with van der Waals surface area (Å²) in [5.74, 6) is 0.454. The predicted molar refractivity (Wildman–Crippen MR) is 54.5 cm³/mol. The third-order valence-electron chi connectivity index (χ3n) is 3.67. The van der Waals surface area contributed by atoms with Crippen molar-refractivity contribution < 1.29 is 9.28 Å². The molecule has 0 aromatic rings. The highest BCUT2D eigenvalue weighted by Gasteiger charge is 2.38. The van der Waals surface area contributed by atoms with Crippen LogP contribution in [0.25, 0.3) is 0 Å². The van der Waals surface area contributed by atoms with Crippen molar-refractivity contribution in [3.8, 4) is 0 Å². The molecule has 0 aromatic heterocycles. The minimum atomic E-state index is 0.454. The van der Waals surface area contributed by atoms with Crippen molar-refractivity contribution in [2.75, 3.05) is 13.1 Å². The zero-order valence-corrected chi connectivity index (χ0v) is 9.34. The summed E-state index contributed by atoms with van der Waals surface area (Å²) in [6, 6.07) is 1.29. The molecule has 0 saturated carbocycles. The normalized spacial score (nSPS) is 22.8. The largest absolute Gasteiger partial charge is 0.319 e. The molecule has 1 aliphatic rings. The summed E-state index contributed by atoms with van der Waals surface area (Å²) >= 11 is 0. The van der Waals surface area contributed by atoms with Gasteiger partial charge < -0.3 is 4.48 Å². The van der Waals surface area contributed by atoms with E-state index in [0.717, 1.165) is 30.4 Å². The Hall–Kier alpha value is -0.370. The first-order valence-corrected chi connectivity index (χ1v) is 5.37. The standard InChI is InChI=1S/C11H22NO/c1-9(2)12(10(3)4)7-5-11(13)6-8-12/h9-10H,5-8H2,1-4H3/q+1. The number of rotatable bonds is 2. The van der Waals surface area contributed by atoms with E-state index in [9.17, 15) is 4.79 Å². The summed E-state index contributed by atoms with van der Waals surface area (Å²) in [6.07, 6.45) is 1.58. The Kier molecular flexibility index (Phi) is 3.12. The Morgan fingerprint density at radius 1 is 1.00 bits per heavy atom. The Labute approximate surface area is 81.5 Å². The monoisotopic (exact) mass is 184 g/mol. The second-order valence-corrected chi connectivity index (χ2v) is 4.78. The van der Waals surface area contributed by atoms with Crippen molar-refractivity contribution in [1.82, 2.24) is 0 Å². The van der Waals surface area contributed by atoms with Gasteiger partial charge in [-0.1, -0.05) is 0 Å². The molecule has 0 N–H and O–H groups in total. The molecule has 0 spiro atoms. The number of nitrogens with zero attached hydrogens (tertiary/aromatic N) is 1. The molecule has 0 bridgehead atoms. The topological polar surface area (TPSA) is 17.1 Å². The molecule has 0 unspecified atom stereocenters. The van der Waals surface area contributed by atoms with Gasteiger partial charge in [0.2, 0.25) is 0 Å². The van der Waals surface area contributed by atoms with E-state index in [-0.39, 0.29) is 0 Å². The number of quaternary nitrogens is 1. The molecule has 1 saturated heterocycles. The highest BCUT2D eigenvalue weighted by molar-refractivity contribution is 5.79. The molecule has 0 aliphatic carbocycles. The Morgan fingerprint density at radius 3 is 1.69 bits per heavy atom. The van der Waals surface area contributed by atoms with Gasteiger partial charge in [-0.15, -0.1) is 0 Å². The van der Waals surface area contributed by atoms with E-state index in [1.807, 2.05) is 0 Å².